The van der Waals surface area contributed by atoms with Crippen molar-refractivity contribution in [3.8, 4) is 0 Å². The molecule has 0 aliphatic rings. The second kappa shape index (κ2) is 6.50. The molecule has 0 aliphatic heterocycles. The fourth-order valence-electron chi connectivity index (χ4n) is 0.767. The van der Waals surface area contributed by atoms with Gasteiger partial charge in [0.1, 0.15) is 0 Å². The maximum atomic E-state index is 8.54. The molecule has 0 rings (SSSR count). The molecule has 0 aromatic carbocycles. The van der Waals surface area contributed by atoms with Gasteiger partial charge in [-0.2, -0.15) is 0 Å². The SMILES string of the molecule is C/C(S)=C\CC/C(C)=C/CO. The first kappa shape index (κ1) is 10.8. The van der Waals surface area contributed by atoms with Crippen molar-refractivity contribution >= 4 is 12.6 Å². The van der Waals surface area contributed by atoms with Crippen molar-refractivity contribution in [2.24, 2.45) is 0 Å². The van der Waals surface area contributed by atoms with Crippen LogP contribution in [0.1, 0.15) is 26.7 Å². The maximum absolute atomic E-state index is 8.54. The Morgan fingerprint density at radius 3 is 2.45 bits per heavy atom. The summed E-state index contributed by atoms with van der Waals surface area (Å²) in [7, 11) is 0. The topological polar surface area (TPSA) is 20.2 Å². The van der Waals surface area contributed by atoms with Gasteiger partial charge in [0.25, 0.3) is 0 Å². The molecule has 0 spiro atoms. The van der Waals surface area contributed by atoms with E-state index in [4.69, 9.17) is 5.11 Å². The number of hydrogen-bond acceptors (Lipinski definition) is 2. The van der Waals surface area contributed by atoms with Crippen molar-refractivity contribution in [3.05, 3.63) is 22.6 Å². The largest absolute Gasteiger partial charge is 0.392 e. The fourth-order valence-corrected chi connectivity index (χ4v) is 0.896. The minimum atomic E-state index is 0.148. The summed E-state index contributed by atoms with van der Waals surface area (Å²) in [5, 5.41) is 8.54. The maximum Gasteiger partial charge on any atom is 0.0614 e. The molecule has 0 amide bonds. The van der Waals surface area contributed by atoms with Crippen molar-refractivity contribution in [3.63, 3.8) is 0 Å². The highest BCUT2D eigenvalue weighted by molar-refractivity contribution is 7.84. The summed E-state index contributed by atoms with van der Waals surface area (Å²) in [5.41, 5.74) is 1.23. The first-order chi connectivity index (χ1) is 5.16. The van der Waals surface area contributed by atoms with Crippen LogP contribution in [0.5, 0.6) is 0 Å². The van der Waals surface area contributed by atoms with E-state index in [0.717, 1.165) is 17.7 Å². The molecule has 0 saturated carbocycles. The number of hydrogen-bond donors (Lipinski definition) is 2. The Hall–Kier alpha value is -0.210. The van der Waals surface area contributed by atoms with Gasteiger partial charge in [0.2, 0.25) is 0 Å². The van der Waals surface area contributed by atoms with Gasteiger partial charge in [-0.25, -0.2) is 0 Å². The highest BCUT2D eigenvalue weighted by atomic mass is 32.1. The molecule has 0 radical (unpaired) electrons. The molecule has 0 saturated heterocycles. The van der Waals surface area contributed by atoms with Crippen LogP contribution in [0.15, 0.2) is 22.6 Å². The van der Waals surface area contributed by atoms with Crippen LogP contribution in [0, 0.1) is 0 Å². The van der Waals surface area contributed by atoms with Gasteiger partial charge in [-0.1, -0.05) is 17.7 Å². The number of thiol groups is 1. The normalized spacial score (nSPS) is 13.8. The first-order valence-electron chi connectivity index (χ1n) is 3.79. The zero-order valence-corrected chi connectivity index (χ0v) is 8.06. The molecule has 0 fully saturated rings. The zero-order valence-electron chi connectivity index (χ0n) is 7.17. The van der Waals surface area contributed by atoms with Crippen LogP contribution in [0.3, 0.4) is 0 Å². The Labute approximate surface area is 74.2 Å². The average molecular weight is 172 g/mol. The lowest BCUT2D eigenvalue weighted by Crippen LogP contribution is -1.80. The number of aliphatic hydroxyl groups excluding tert-OH is 1. The summed E-state index contributed by atoms with van der Waals surface area (Å²) >= 11 is 4.14. The number of allylic oxidation sites excluding steroid dienone is 3. The molecule has 0 aromatic heterocycles. The van der Waals surface area contributed by atoms with Crippen molar-refractivity contribution in [1.29, 1.82) is 0 Å². The van der Waals surface area contributed by atoms with Gasteiger partial charge in [0.15, 0.2) is 0 Å². The minimum Gasteiger partial charge on any atom is -0.392 e. The number of aliphatic hydroxyl groups is 1. The van der Waals surface area contributed by atoms with E-state index in [9.17, 15) is 0 Å². The standard InChI is InChI=1S/C9H16OS/c1-8(6-7-10)4-3-5-9(2)11/h5-6,10-11H,3-4,7H2,1-2H3/b8-6+,9-5+. The summed E-state index contributed by atoms with van der Waals surface area (Å²) in [6, 6.07) is 0. The molecular weight excluding hydrogens is 156 g/mol. The summed E-state index contributed by atoms with van der Waals surface area (Å²) in [4.78, 5) is 1.06. The summed E-state index contributed by atoms with van der Waals surface area (Å²) in [5.74, 6) is 0. The Balaban J connectivity index is 3.54. The van der Waals surface area contributed by atoms with Gasteiger partial charge in [0, 0.05) is 0 Å². The molecule has 11 heavy (non-hydrogen) atoms. The van der Waals surface area contributed by atoms with Gasteiger partial charge in [0.05, 0.1) is 6.61 Å². The van der Waals surface area contributed by atoms with E-state index in [-0.39, 0.29) is 6.61 Å². The van der Waals surface area contributed by atoms with Crippen molar-refractivity contribution in [2.75, 3.05) is 6.61 Å². The second-order valence-corrected chi connectivity index (χ2v) is 3.32. The Morgan fingerprint density at radius 1 is 1.36 bits per heavy atom. The lowest BCUT2D eigenvalue weighted by Gasteiger charge is -1.96. The summed E-state index contributed by atoms with van der Waals surface area (Å²) < 4.78 is 0. The van der Waals surface area contributed by atoms with Gasteiger partial charge < -0.3 is 5.11 Å². The van der Waals surface area contributed by atoms with E-state index in [2.05, 4.69) is 18.7 Å². The zero-order chi connectivity index (χ0) is 8.69. The fraction of sp³-hybridized carbons (Fsp3) is 0.556. The van der Waals surface area contributed by atoms with Crippen LogP contribution in [0.4, 0.5) is 0 Å². The van der Waals surface area contributed by atoms with Gasteiger partial charge in [-0.05, 0) is 31.6 Å². The van der Waals surface area contributed by atoms with Crippen LogP contribution < -0.4 is 0 Å². The van der Waals surface area contributed by atoms with Gasteiger partial charge in [-0.15, -0.1) is 12.6 Å². The van der Waals surface area contributed by atoms with Crippen LogP contribution in [-0.4, -0.2) is 11.7 Å². The predicted molar refractivity (Wildman–Crippen MR) is 52.8 cm³/mol. The summed E-state index contributed by atoms with van der Waals surface area (Å²) in [6.07, 6.45) is 5.94. The third-order valence-electron chi connectivity index (χ3n) is 1.42. The highest BCUT2D eigenvalue weighted by Crippen LogP contribution is 2.07. The van der Waals surface area contributed by atoms with Crippen LogP contribution >= 0.6 is 12.6 Å². The van der Waals surface area contributed by atoms with Gasteiger partial charge >= 0.3 is 0 Å². The second-order valence-electron chi connectivity index (χ2n) is 2.62. The molecule has 64 valence electrons. The first-order valence-corrected chi connectivity index (χ1v) is 4.23. The lowest BCUT2D eigenvalue weighted by molar-refractivity contribution is 0.341. The molecule has 0 atom stereocenters. The average Bonchev–Trinajstić information content (AvgIpc) is 1.87. The van der Waals surface area contributed by atoms with E-state index >= 15 is 0 Å². The molecule has 0 unspecified atom stereocenters. The quantitative estimate of drug-likeness (QED) is 0.493. The van der Waals surface area contributed by atoms with Gasteiger partial charge in [-0.3, -0.25) is 0 Å². The molecule has 0 aliphatic carbocycles. The Bertz CT molecular complexity index is 155. The Morgan fingerprint density at radius 2 is 2.00 bits per heavy atom. The Kier molecular flexibility index (Phi) is 6.37. The van der Waals surface area contributed by atoms with E-state index in [1.807, 2.05) is 19.9 Å². The van der Waals surface area contributed by atoms with Crippen LogP contribution in [0.25, 0.3) is 0 Å². The molecule has 1 N–H and O–H groups in total. The van der Waals surface area contributed by atoms with Crippen LogP contribution in [-0.2, 0) is 0 Å². The molecule has 2 heteroatoms. The van der Waals surface area contributed by atoms with Crippen molar-refractivity contribution < 1.29 is 5.11 Å². The molecular formula is C9H16OS. The van der Waals surface area contributed by atoms with E-state index in [1.165, 1.54) is 5.57 Å². The summed E-state index contributed by atoms with van der Waals surface area (Å²) in [6.45, 7) is 4.14. The third-order valence-corrected chi connectivity index (χ3v) is 1.60. The lowest BCUT2D eigenvalue weighted by atomic mass is 10.1. The van der Waals surface area contributed by atoms with Crippen molar-refractivity contribution in [2.45, 2.75) is 26.7 Å². The van der Waals surface area contributed by atoms with E-state index < -0.39 is 0 Å². The highest BCUT2D eigenvalue weighted by Gasteiger charge is 1.86. The molecule has 0 heterocycles. The van der Waals surface area contributed by atoms with Crippen molar-refractivity contribution in [1.82, 2.24) is 0 Å². The van der Waals surface area contributed by atoms with Crippen LogP contribution in [0.2, 0.25) is 0 Å². The third kappa shape index (κ3) is 7.69. The predicted octanol–water partition coefficient (Wildman–Crippen LogP) is 2.54. The minimum absolute atomic E-state index is 0.148. The van der Waals surface area contributed by atoms with E-state index in [0.29, 0.717) is 0 Å². The monoisotopic (exact) mass is 172 g/mol. The smallest absolute Gasteiger partial charge is 0.0614 e. The van der Waals surface area contributed by atoms with E-state index in [1.54, 1.807) is 0 Å². The molecule has 0 bridgehead atoms. The number of rotatable bonds is 4. The molecule has 1 nitrogen and oxygen atoms in total. The molecule has 0 aromatic rings.